The molecule has 0 aliphatic carbocycles. The Bertz CT molecular complexity index is 1030. The van der Waals surface area contributed by atoms with Crippen LogP contribution in [0.4, 0.5) is 4.39 Å². The molecule has 23 heavy (non-hydrogen) atoms. The Morgan fingerprint density at radius 3 is 2.70 bits per heavy atom. The van der Waals surface area contributed by atoms with Crippen LogP contribution in [-0.4, -0.2) is 5.91 Å². The first-order valence-electron chi connectivity index (χ1n) is 6.88. The second kappa shape index (κ2) is 4.93. The molecule has 1 aromatic heterocycles. The molecule has 4 nitrogen and oxygen atoms in total. The summed E-state index contributed by atoms with van der Waals surface area (Å²) in [6.07, 6.45) is 0. The van der Waals surface area contributed by atoms with Gasteiger partial charge in [-0.1, -0.05) is 29.8 Å². The lowest BCUT2D eigenvalue weighted by Gasteiger charge is -2.12. The topological polar surface area (TPSA) is 59.3 Å². The minimum Gasteiger partial charge on any atom is -0.450 e. The average molecular weight is 330 g/mol. The molecule has 0 spiro atoms. The molecule has 3 aromatic rings. The van der Waals surface area contributed by atoms with Gasteiger partial charge in [-0.3, -0.25) is 9.59 Å². The van der Waals surface area contributed by atoms with E-state index in [2.05, 4.69) is 5.32 Å². The predicted octanol–water partition coefficient (Wildman–Crippen LogP) is 3.42. The highest BCUT2D eigenvalue weighted by molar-refractivity contribution is 6.31. The Morgan fingerprint density at radius 2 is 1.91 bits per heavy atom. The zero-order valence-corrected chi connectivity index (χ0v) is 12.4. The first-order valence-corrected chi connectivity index (χ1v) is 7.25. The minimum atomic E-state index is -0.877. The van der Waals surface area contributed by atoms with Gasteiger partial charge in [0.05, 0.1) is 17.0 Å². The first kappa shape index (κ1) is 14.0. The maximum atomic E-state index is 14.1. The normalized spacial score (nSPS) is 16.4. The smallest absolute Gasteiger partial charge is 0.288 e. The summed E-state index contributed by atoms with van der Waals surface area (Å²) in [6.45, 7) is 0. The Balaban J connectivity index is 2.04. The Kier molecular flexibility index (Phi) is 2.99. The molecule has 2 heterocycles. The van der Waals surface area contributed by atoms with E-state index in [4.69, 9.17) is 16.0 Å². The van der Waals surface area contributed by atoms with Gasteiger partial charge in [-0.15, -0.1) is 0 Å². The Morgan fingerprint density at radius 1 is 1.13 bits per heavy atom. The molecular formula is C17H9ClFNO3. The summed E-state index contributed by atoms with van der Waals surface area (Å²) in [5.41, 5.74) is 0.195. The highest BCUT2D eigenvalue weighted by Crippen LogP contribution is 2.32. The zero-order chi connectivity index (χ0) is 16.1. The van der Waals surface area contributed by atoms with Crippen LogP contribution in [0.25, 0.3) is 11.0 Å². The lowest BCUT2D eigenvalue weighted by atomic mass is 9.99. The first-order chi connectivity index (χ1) is 11.1. The third-order valence-corrected chi connectivity index (χ3v) is 4.11. The molecule has 1 N–H and O–H groups in total. The van der Waals surface area contributed by atoms with Crippen molar-refractivity contribution in [2.45, 2.75) is 6.04 Å². The van der Waals surface area contributed by atoms with Crippen molar-refractivity contribution in [3.8, 4) is 0 Å². The van der Waals surface area contributed by atoms with Crippen molar-refractivity contribution in [3.05, 3.63) is 80.4 Å². The van der Waals surface area contributed by atoms with Gasteiger partial charge in [-0.2, -0.15) is 0 Å². The van der Waals surface area contributed by atoms with Crippen LogP contribution in [0.3, 0.4) is 0 Å². The molecule has 1 aliphatic heterocycles. The monoisotopic (exact) mass is 329 g/mol. The third kappa shape index (κ3) is 2.04. The van der Waals surface area contributed by atoms with Gasteiger partial charge in [-0.25, -0.2) is 4.39 Å². The minimum absolute atomic E-state index is 0.0851. The highest BCUT2D eigenvalue weighted by Gasteiger charge is 2.37. The van der Waals surface area contributed by atoms with Gasteiger partial charge >= 0.3 is 0 Å². The molecule has 0 fully saturated rings. The summed E-state index contributed by atoms with van der Waals surface area (Å²) in [5, 5.41) is 3.24. The molecule has 0 saturated heterocycles. The quantitative estimate of drug-likeness (QED) is 0.744. The van der Waals surface area contributed by atoms with Gasteiger partial charge in [0, 0.05) is 10.6 Å². The van der Waals surface area contributed by atoms with Gasteiger partial charge in [0.15, 0.2) is 5.43 Å². The van der Waals surface area contributed by atoms with Crippen molar-refractivity contribution >= 4 is 28.5 Å². The Labute approximate surface area is 134 Å². The summed E-state index contributed by atoms with van der Waals surface area (Å²) in [5.74, 6) is -1.13. The molecule has 6 heteroatoms. The van der Waals surface area contributed by atoms with Crippen LogP contribution in [-0.2, 0) is 0 Å². The number of fused-ring (bicyclic) bond motifs is 2. The van der Waals surface area contributed by atoms with E-state index in [9.17, 15) is 14.0 Å². The number of rotatable bonds is 1. The van der Waals surface area contributed by atoms with Gasteiger partial charge in [0.2, 0.25) is 5.76 Å². The number of halogens is 2. The van der Waals surface area contributed by atoms with Crippen LogP contribution in [0.2, 0.25) is 5.02 Å². The molecule has 0 saturated carbocycles. The van der Waals surface area contributed by atoms with Crippen LogP contribution < -0.4 is 10.7 Å². The van der Waals surface area contributed by atoms with E-state index < -0.39 is 23.2 Å². The second-order valence-corrected chi connectivity index (χ2v) is 5.68. The molecule has 4 rings (SSSR count). The summed E-state index contributed by atoms with van der Waals surface area (Å²) in [6, 6.07) is 9.68. The number of carbonyl (C=O) groups is 1. The highest BCUT2D eigenvalue weighted by atomic mass is 35.5. The fourth-order valence-corrected chi connectivity index (χ4v) is 3.00. The third-order valence-electron chi connectivity index (χ3n) is 3.87. The number of nitrogens with one attached hydrogen (secondary N) is 1. The van der Waals surface area contributed by atoms with Gasteiger partial charge < -0.3 is 9.73 Å². The fourth-order valence-electron chi connectivity index (χ4n) is 2.82. The number of hydrogen-bond acceptors (Lipinski definition) is 3. The molecule has 2 aromatic carbocycles. The summed E-state index contributed by atoms with van der Waals surface area (Å²) in [4.78, 5) is 24.9. The average Bonchev–Trinajstić information content (AvgIpc) is 2.86. The largest absolute Gasteiger partial charge is 0.450 e. The van der Waals surface area contributed by atoms with Crippen LogP contribution >= 0.6 is 11.6 Å². The lowest BCUT2D eigenvalue weighted by Crippen LogP contribution is -2.22. The van der Waals surface area contributed by atoms with Crippen molar-refractivity contribution < 1.29 is 13.6 Å². The number of hydrogen-bond donors (Lipinski definition) is 1. The summed E-state index contributed by atoms with van der Waals surface area (Å²) in [7, 11) is 0. The van der Waals surface area contributed by atoms with Crippen molar-refractivity contribution in [2.75, 3.05) is 0 Å². The van der Waals surface area contributed by atoms with Crippen molar-refractivity contribution in [1.82, 2.24) is 5.32 Å². The van der Waals surface area contributed by atoms with E-state index in [0.717, 1.165) is 0 Å². The van der Waals surface area contributed by atoms with E-state index in [0.29, 0.717) is 5.02 Å². The SMILES string of the molecule is O=C1NC(c2ccccc2F)c2c1oc1ccc(Cl)cc1c2=O. The van der Waals surface area contributed by atoms with E-state index in [1.165, 1.54) is 24.3 Å². The summed E-state index contributed by atoms with van der Waals surface area (Å²) < 4.78 is 19.6. The van der Waals surface area contributed by atoms with Crippen LogP contribution in [0.1, 0.15) is 27.7 Å². The molecule has 1 aliphatic rings. The summed E-state index contributed by atoms with van der Waals surface area (Å²) >= 11 is 5.93. The van der Waals surface area contributed by atoms with Crippen LogP contribution in [0, 0.1) is 5.82 Å². The van der Waals surface area contributed by atoms with Gasteiger partial charge in [0.1, 0.15) is 11.4 Å². The number of benzene rings is 2. The van der Waals surface area contributed by atoms with E-state index in [1.54, 1.807) is 18.2 Å². The molecule has 1 unspecified atom stereocenters. The fraction of sp³-hybridized carbons (Fsp3) is 0.0588. The van der Waals surface area contributed by atoms with Crippen molar-refractivity contribution in [1.29, 1.82) is 0 Å². The molecule has 0 bridgehead atoms. The van der Waals surface area contributed by atoms with Crippen LogP contribution in [0.5, 0.6) is 0 Å². The maximum Gasteiger partial charge on any atom is 0.288 e. The second-order valence-electron chi connectivity index (χ2n) is 5.24. The predicted molar refractivity (Wildman–Crippen MR) is 83.2 cm³/mol. The van der Waals surface area contributed by atoms with E-state index >= 15 is 0 Å². The molecule has 1 amide bonds. The van der Waals surface area contributed by atoms with Gasteiger partial charge in [-0.05, 0) is 24.3 Å². The molecule has 0 radical (unpaired) electrons. The number of amides is 1. The number of carbonyl (C=O) groups excluding carboxylic acids is 1. The van der Waals surface area contributed by atoms with Crippen molar-refractivity contribution in [2.24, 2.45) is 0 Å². The standard InChI is InChI=1S/C17H9ClFNO3/c18-8-5-6-12-10(7-8)15(21)13-14(20-17(22)16(13)23-12)9-3-1-2-4-11(9)19/h1-7,14H,(H,20,22). The van der Waals surface area contributed by atoms with Crippen LogP contribution in [0.15, 0.2) is 51.7 Å². The molecule has 114 valence electrons. The van der Waals surface area contributed by atoms with E-state index in [-0.39, 0.29) is 27.9 Å². The maximum absolute atomic E-state index is 14.1. The molecular weight excluding hydrogens is 321 g/mol. The zero-order valence-electron chi connectivity index (χ0n) is 11.6. The Hall–Kier alpha value is -2.66. The van der Waals surface area contributed by atoms with Crippen molar-refractivity contribution in [3.63, 3.8) is 0 Å². The molecule has 1 atom stereocenters. The lowest BCUT2D eigenvalue weighted by molar-refractivity contribution is 0.0937. The van der Waals surface area contributed by atoms with E-state index in [1.807, 2.05) is 0 Å². The van der Waals surface area contributed by atoms with Gasteiger partial charge in [0.25, 0.3) is 5.91 Å².